The Morgan fingerprint density at radius 2 is 2.50 bits per heavy atom. The highest BCUT2D eigenvalue weighted by atomic mass is 16.5. The Kier molecular flexibility index (Phi) is 2.64. The predicted octanol–water partition coefficient (Wildman–Crippen LogP) is -0.172. The van der Waals surface area contributed by atoms with Gasteiger partial charge in [-0.05, 0) is 19.4 Å². The lowest BCUT2D eigenvalue weighted by molar-refractivity contribution is -0.146. The Bertz CT molecular complexity index is 400. The Morgan fingerprint density at radius 3 is 3.12 bits per heavy atom. The number of nitrogens with one attached hydrogen (secondary N) is 1. The van der Waals surface area contributed by atoms with Crippen molar-refractivity contribution in [2.45, 2.75) is 13.8 Å². The minimum atomic E-state index is -0.393. The first kappa shape index (κ1) is 10.7. The first-order valence-electron chi connectivity index (χ1n) is 5.13. The molecule has 2 rings (SSSR count). The zero-order chi connectivity index (χ0) is 11.7. The molecule has 0 saturated carbocycles. The summed E-state index contributed by atoms with van der Waals surface area (Å²) in [6, 6.07) is 0. The normalized spacial score (nSPS) is 23.2. The van der Waals surface area contributed by atoms with Gasteiger partial charge in [0.05, 0.1) is 19.1 Å². The zero-order valence-corrected chi connectivity index (χ0v) is 9.19. The number of esters is 1. The van der Waals surface area contributed by atoms with Crippen LogP contribution in [0.4, 0.5) is 0 Å². The number of nitrogens with zero attached hydrogens (tertiary/aromatic N) is 2. The minimum absolute atomic E-state index is 0.223. The van der Waals surface area contributed by atoms with Gasteiger partial charge in [0.2, 0.25) is 0 Å². The molecule has 86 valence electrons. The fraction of sp³-hybridized carbons (Fsp3) is 0.500. The van der Waals surface area contributed by atoms with Gasteiger partial charge in [0, 0.05) is 0 Å². The van der Waals surface area contributed by atoms with Crippen molar-refractivity contribution in [2.75, 3.05) is 13.2 Å². The summed E-state index contributed by atoms with van der Waals surface area (Å²) in [5.41, 5.74) is 1.17. The molecule has 0 aliphatic carbocycles. The van der Waals surface area contributed by atoms with Gasteiger partial charge < -0.3 is 10.1 Å². The molecule has 0 bridgehead atoms. The number of ether oxygens (including phenoxy) is 1. The van der Waals surface area contributed by atoms with E-state index in [4.69, 9.17) is 4.74 Å². The first-order chi connectivity index (χ1) is 7.65. The molecule has 2 aliphatic rings. The maximum atomic E-state index is 11.6. The average molecular weight is 223 g/mol. The van der Waals surface area contributed by atoms with Crippen LogP contribution in [0.2, 0.25) is 0 Å². The molecule has 1 N–H and O–H groups in total. The molecule has 6 heteroatoms. The molecule has 0 radical (unpaired) electrons. The fourth-order valence-electron chi connectivity index (χ4n) is 1.89. The van der Waals surface area contributed by atoms with Crippen molar-refractivity contribution in [1.29, 1.82) is 0 Å². The van der Waals surface area contributed by atoms with Crippen LogP contribution in [-0.2, 0) is 14.3 Å². The summed E-state index contributed by atoms with van der Waals surface area (Å²) in [6.45, 7) is 4.24. The van der Waals surface area contributed by atoms with E-state index in [0.29, 0.717) is 24.4 Å². The standard InChI is InChI=1S/C10H13N3O3/c1-3-16-10(15)7-4-13-8(6(7)2)9(14)11-5-12-13/h5,7H,3-4H2,1-2H3,(H,11,12,14). The van der Waals surface area contributed by atoms with Crippen LogP contribution < -0.4 is 5.32 Å². The molecule has 0 aromatic heterocycles. The van der Waals surface area contributed by atoms with Gasteiger partial charge in [-0.1, -0.05) is 0 Å². The largest absolute Gasteiger partial charge is 0.465 e. The van der Waals surface area contributed by atoms with E-state index in [9.17, 15) is 9.59 Å². The third-order valence-electron chi connectivity index (χ3n) is 2.69. The molecule has 0 aromatic rings. The Hall–Kier alpha value is -1.85. The van der Waals surface area contributed by atoms with Gasteiger partial charge in [0.1, 0.15) is 12.0 Å². The van der Waals surface area contributed by atoms with Gasteiger partial charge in [0.15, 0.2) is 0 Å². The van der Waals surface area contributed by atoms with Crippen LogP contribution >= 0.6 is 0 Å². The summed E-state index contributed by atoms with van der Waals surface area (Å²) >= 11 is 0. The zero-order valence-electron chi connectivity index (χ0n) is 9.19. The van der Waals surface area contributed by atoms with Crippen molar-refractivity contribution in [2.24, 2.45) is 11.0 Å². The number of carbonyl (C=O) groups excluding carboxylic acids is 2. The van der Waals surface area contributed by atoms with Crippen molar-refractivity contribution in [1.82, 2.24) is 10.3 Å². The van der Waals surface area contributed by atoms with Gasteiger partial charge in [-0.15, -0.1) is 0 Å². The number of hydrogen-bond acceptors (Lipinski definition) is 5. The second-order valence-corrected chi connectivity index (χ2v) is 3.64. The lowest BCUT2D eigenvalue weighted by Gasteiger charge is -2.19. The maximum absolute atomic E-state index is 11.6. The van der Waals surface area contributed by atoms with Crippen LogP contribution in [0.1, 0.15) is 13.8 Å². The molecule has 1 atom stereocenters. The van der Waals surface area contributed by atoms with E-state index in [1.807, 2.05) is 0 Å². The number of hydrogen-bond donors (Lipinski definition) is 1. The van der Waals surface area contributed by atoms with E-state index in [1.165, 1.54) is 11.3 Å². The molecule has 2 heterocycles. The quantitative estimate of drug-likeness (QED) is 0.660. The van der Waals surface area contributed by atoms with Gasteiger partial charge >= 0.3 is 5.97 Å². The number of rotatable bonds is 2. The van der Waals surface area contributed by atoms with Crippen LogP contribution in [0.25, 0.3) is 0 Å². The highest BCUT2D eigenvalue weighted by molar-refractivity contribution is 6.03. The molecule has 0 saturated heterocycles. The summed E-state index contributed by atoms with van der Waals surface area (Å²) in [5, 5.41) is 8.03. The summed E-state index contributed by atoms with van der Waals surface area (Å²) in [4.78, 5) is 23.2. The summed E-state index contributed by atoms with van der Waals surface area (Å²) in [7, 11) is 0. The minimum Gasteiger partial charge on any atom is -0.465 e. The van der Waals surface area contributed by atoms with E-state index in [0.717, 1.165) is 0 Å². The second kappa shape index (κ2) is 3.96. The van der Waals surface area contributed by atoms with E-state index in [1.54, 1.807) is 13.8 Å². The van der Waals surface area contributed by atoms with Crippen molar-refractivity contribution < 1.29 is 14.3 Å². The van der Waals surface area contributed by atoms with Gasteiger partial charge in [-0.2, -0.15) is 5.10 Å². The smallest absolute Gasteiger partial charge is 0.315 e. The van der Waals surface area contributed by atoms with E-state index in [2.05, 4.69) is 10.4 Å². The third kappa shape index (κ3) is 1.56. The molecular weight excluding hydrogens is 210 g/mol. The van der Waals surface area contributed by atoms with Crippen molar-refractivity contribution >= 4 is 18.2 Å². The molecule has 6 nitrogen and oxygen atoms in total. The average Bonchev–Trinajstić information content (AvgIpc) is 2.58. The van der Waals surface area contributed by atoms with Crippen molar-refractivity contribution in [3.8, 4) is 0 Å². The molecule has 16 heavy (non-hydrogen) atoms. The Labute approximate surface area is 92.9 Å². The molecule has 0 spiro atoms. The number of amides is 1. The van der Waals surface area contributed by atoms with Crippen LogP contribution in [-0.4, -0.2) is 36.4 Å². The van der Waals surface area contributed by atoms with E-state index < -0.39 is 5.92 Å². The van der Waals surface area contributed by atoms with Gasteiger partial charge in [0.25, 0.3) is 5.91 Å². The van der Waals surface area contributed by atoms with Crippen LogP contribution in [0.15, 0.2) is 16.4 Å². The lowest BCUT2D eigenvalue weighted by Crippen LogP contribution is -2.36. The summed E-state index contributed by atoms with van der Waals surface area (Å²) in [5.74, 6) is -0.917. The second-order valence-electron chi connectivity index (χ2n) is 3.64. The maximum Gasteiger partial charge on any atom is 0.315 e. The van der Waals surface area contributed by atoms with Crippen LogP contribution in [0.5, 0.6) is 0 Å². The Morgan fingerprint density at radius 1 is 1.75 bits per heavy atom. The van der Waals surface area contributed by atoms with Crippen LogP contribution in [0, 0.1) is 5.92 Å². The lowest BCUT2D eigenvalue weighted by atomic mass is 10.0. The van der Waals surface area contributed by atoms with Crippen LogP contribution in [0.3, 0.4) is 0 Å². The molecule has 0 fully saturated rings. The fourth-order valence-corrected chi connectivity index (χ4v) is 1.89. The highest BCUT2D eigenvalue weighted by Gasteiger charge is 2.38. The van der Waals surface area contributed by atoms with E-state index in [-0.39, 0.29) is 11.9 Å². The van der Waals surface area contributed by atoms with Crippen molar-refractivity contribution in [3.63, 3.8) is 0 Å². The monoisotopic (exact) mass is 223 g/mol. The predicted molar refractivity (Wildman–Crippen MR) is 56.2 cm³/mol. The van der Waals surface area contributed by atoms with Crippen molar-refractivity contribution in [3.05, 3.63) is 11.3 Å². The van der Waals surface area contributed by atoms with E-state index >= 15 is 0 Å². The number of carbonyl (C=O) groups is 2. The SMILES string of the molecule is CCOC(=O)C1CN2N=CNC(=O)C2=C1C. The molecular formula is C10H13N3O3. The molecule has 1 unspecified atom stereocenters. The molecule has 1 amide bonds. The first-order valence-corrected chi connectivity index (χ1v) is 5.13. The molecule has 2 aliphatic heterocycles. The topological polar surface area (TPSA) is 71.0 Å². The third-order valence-corrected chi connectivity index (χ3v) is 2.69. The Balaban J connectivity index is 2.26. The van der Waals surface area contributed by atoms with Gasteiger partial charge in [-0.3, -0.25) is 14.6 Å². The summed E-state index contributed by atoms with van der Waals surface area (Å²) in [6.07, 6.45) is 1.33. The van der Waals surface area contributed by atoms with Gasteiger partial charge in [-0.25, -0.2) is 0 Å². The number of fused-ring (bicyclic) bond motifs is 1. The molecule has 0 aromatic carbocycles. The number of hydrazone groups is 1. The summed E-state index contributed by atoms with van der Waals surface area (Å²) < 4.78 is 4.95. The highest BCUT2D eigenvalue weighted by Crippen LogP contribution is 2.30.